The number of hydrogen-bond donors (Lipinski definition) is 1. The Morgan fingerprint density at radius 1 is 1.20 bits per heavy atom. The van der Waals surface area contributed by atoms with E-state index in [2.05, 4.69) is 15.5 Å². The molecule has 11 heteroatoms. The number of ether oxygens (including phenoxy) is 1. The maximum atomic E-state index is 12.8. The van der Waals surface area contributed by atoms with Gasteiger partial charge in [0.05, 0.1) is 11.9 Å². The number of hydrogen-bond acceptors (Lipinski definition) is 7. The highest BCUT2D eigenvalue weighted by molar-refractivity contribution is 7.92. The molecule has 8 nitrogen and oxygen atoms in total. The van der Waals surface area contributed by atoms with Gasteiger partial charge in [0.25, 0.3) is 5.91 Å². The summed E-state index contributed by atoms with van der Waals surface area (Å²) >= 11 is 7.12. The molecule has 4 rings (SSSR count). The Morgan fingerprint density at radius 2 is 1.93 bits per heavy atom. The fraction of sp³-hybridized carbons (Fsp3) is 0.211. The number of nitrogens with one attached hydrogen (secondary N) is 1. The van der Waals surface area contributed by atoms with Crippen LogP contribution in [0.15, 0.2) is 48.5 Å². The molecule has 0 aliphatic carbocycles. The van der Waals surface area contributed by atoms with Gasteiger partial charge in [-0.25, -0.2) is 8.42 Å². The average Bonchev–Trinajstić information content (AvgIpc) is 3.06. The lowest BCUT2D eigenvalue weighted by atomic mass is 10.2. The Bertz CT molecular complexity index is 1180. The third-order valence-electron chi connectivity index (χ3n) is 4.44. The lowest BCUT2D eigenvalue weighted by molar-refractivity contribution is -0.122. The molecule has 1 atom stereocenters. The smallest absolute Gasteiger partial charge is 0.267 e. The van der Waals surface area contributed by atoms with Gasteiger partial charge in [0, 0.05) is 23.6 Å². The number of carbonyl (C=O) groups excluding carboxylic acids is 1. The van der Waals surface area contributed by atoms with E-state index in [1.807, 2.05) is 12.1 Å². The molecule has 1 aromatic heterocycles. The van der Waals surface area contributed by atoms with Crippen LogP contribution >= 0.6 is 22.9 Å². The largest absolute Gasteiger partial charge is 0.478 e. The number of carbonyl (C=O) groups is 1. The summed E-state index contributed by atoms with van der Waals surface area (Å²) in [5, 5.41) is 12.4. The second-order valence-electron chi connectivity index (χ2n) is 6.61. The van der Waals surface area contributed by atoms with Gasteiger partial charge in [-0.1, -0.05) is 47.2 Å². The van der Waals surface area contributed by atoms with Gasteiger partial charge in [-0.05, 0) is 24.3 Å². The Hall–Kier alpha value is -2.69. The van der Waals surface area contributed by atoms with Crippen LogP contribution in [0.1, 0.15) is 6.42 Å². The summed E-state index contributed by atoms with van der Waals surface area (Å²) in [5.74, 6) is -0.0846. The molecular formula is C19H17ClN4O4S2. The SMILES string of the molecule is CS(=O)(=O)N1CCC(C(=O)Nc2nnc(-c3ccc(Cl)cc3)s2)Oc2ccccc21. The summed E-state index contributed by atoms with van der Waals surface area (Å²) in [7, 11) is -3.51. The second-order valence-corrected chi connectivity index (χ2v) is 9.93. The van der Waals surface area contributed by atoms with E-state index in [0.717, 1.165) is 11.8 Å². The van der Waals surface area contributed by atoms with Gasteiger partial charge in [0.2, 0.25) is 15.2 Å². The monoisotopic (exact) mass is 464 g/mol. The predicted molar refractivity (Wildman–Crippen MR) is 117 cm³/mol. The highest BCUT2D eigenvalue weighted by Gasteiger charge is 2.31. The molecule has 1 aliphatic rings. The minimum atomic E-state index is -3.51. The molecule has 0 radical (unpaired) electrons. The summed E-state index contributed by atoms with van der Waals surface area (Å²) in [6.07, 6.45) is 0.445. The third-order valence-corrected chi connectivity index (χ3v) is 6.76. The van der Waals surface area contributed by atoms with E-state index in [1.165, 1.54) is 15.6 Å². The Kier molecular flexibility index (Phi) is 5.63. The van der Waals surface area contributed by atoms with E-state index in [-0.39, 0.29) is 13.0 Å². The summed E-state index contributed by atoms with van der Waals surface area (Å²) in [4.78, 5) is 12.8. The van der Waals surface area contributed by atoms with Crippen molar-refractivity contribution >= 4 is 49.7 Å². The third kappa shape index (κ3) is 4.40. The van der Waals surface area contributed by atoms with E-state index in [9.17, 15) is 13.2 Å². The first-order valence-corrected chi connectivity index (χ1v) is 12.0. The molecule has 0 fully saturated rings. The average molecular weight is 465 g/mol. The summed E-state index contributed by atoms with van der Waals surface area (Å²) in [6, 6.07) is 13.9. The number of anilines is 2. The fourth-order valence-corrected chi connectivity index (χ4v) is 4.85. The van der Waals surface area contributed by atoms with Gasteiger partial charge in [0.15, 0.2) is 6.10 Å². The van der Waals surface area contributed by atoms with Crippen molar-refractivity contribution in [2.45, 2.75) is 12.5 Å². The number of fused-ring (bicyclic) bond motifs is 1. The standard InChI is InChI=1S/C19H17ClN4O4S2/c1-30(26,27)24-11-10-16(28-15-5-3-2-4-14(15)24)17(25)21-19-23-22-18(29-19)12-6-8-13(20)9-7-12/h2-9,16H,10-11H2,1H3,(H,21,23,25). The quantitative estimate of drug-likeness (QED) is 0.634. The number of benzene rings is 2. The van der Waals surface area contributed by atoms with Crippen molar-refractivity contribution in [3.05, 3.63) is 53.6 Å². The summed E-state index contributed by atoms with van der Waals surface area (Å²) in [6.45, 7) is 0.125. The minimum Gasteiger partial charge on any atom is -0.478 e. The molecule has 2 aromatic carbocycles. The first-order valence-electron chi connectivity index (χ1n) is 8.95. The molecular weight excluding hydrogens is 448 g/mol. The second kappa shape index (κ2) is 8.21. The van der Waals surface area contributed by atoms with Gasteiger partial charge in [-0.3, -0.25) is 14.4 Å². The zero-order chi connectivity index (χ0) is 21.3. The zero-order valence-corrected chi connectivity index (χ0v) is 18.2. The number of aromatic nitrogens is 2. The van der Waals surface area contributed by atoms with Gasteiger partial charge < -0.3 is 4.74 Å². The van der Waals surface area contributed by atoms with Gasteiger partial charge >= 0.3 is 0 Å². The molecule has 0 saturated heterocycles. The van der Waals surface area contributed by atoms with Crippen molar-refractivity contribution in [2.24, 2.45) is 0 Å². The zero-order valence-electron chi connectivity index (χ0n) is 15.8. The summed E-state index contributed by atoms with van der Waals surface area (Å²) < 4.78 is 31.4. The molecule has 0 spiro atoms. The van der Waals surface area contributed by atoms with E-state index in [0.29, 0.717) is 26.6 Å². The van der Waals surface area contributed by atoms with Crippen molar-refractivity contribution in [1.29, 1.82) is 0 Å². The molecule has 0 bridgehead atoms. The van der Waals surface area contributed by atoms with Crippen LogP contribution < -0.4 is 14.4 Å². The molecule has 0 saturated carbocycles. The normalized spacial score (nSPS) is 16.3. The van der Waals surface area contributed by atoms with Gasteiger partial charge in [-0.2, -0.15) is 0 Å². The number of halogens is 1. The number of para-hydroxylation sites is 2. The number of sulfonamides is 1. The van der Waals surface area contributed by atoms with Crippen LogP contribution in [-0.2, 0) is 14.8 Å². The number of rotatable bonds is 4. The van der Waals surface area contributed by atoms with Crippen molar-refractivity contribution in [1.82, 2.24) is 10.2 Å². The Morgan fingerprint density at radius 3 is 2.67 bits per heavy atom. The molecule has 1 unspecified atom stereocenters. The van der Waals surface area contributed by atoms with Crippen molar-refractivity contribution in [3.63, 3.8) is 0 Å². The topological polar surface area (TPSA) is 101 Å². The van der Waals surface area contributed by atoms with Crippen LogP contribution in [0, 0.1) is 0 Å². The van der Waals surface area contributed by atoms with Crippen molar-refractivity contribution < 1.29 is 17.9 Å². The highest BCUT2D eigenvalue weighted by Crippen LogP contribution is 2.34. The van der Waals surface area contributed by atoms with Crippen LogP contribution in [0.2, 0.25) is 5.02 Å². The summed E-state index contributed by atoms with van der Waals surface area (Å²) in [5.41, 5.74) is 1.25. The fourth-order valence-electron chi connectivity index (χ4n) is 3.03. The minimum absolute atomic E-state index is 0.125. The lowest BCUT2D eigenvalue weighted by Crippen LogP contribution is -2.35. The first-order chi connectivity index (χ1) is 14.3. The first kappa shape index (κ1) is 20.6. The molecule has 156 valence electrons. The maximum Gasteiger partial charge on any atom is 0.267 e. The van der Waals surface area contributed by atoms with Gasteiger partial charge in [-0.15, -0.1) is 10.2 Å². The van der Waals surface area contributed by atoms with E-state index < -0.39 is 22.0 Å². The number of nitrogens with zero attached hydrogens (tertiary/aromatic N) is 3. The maximum absolute atomic E-state index is 12.8. The van der Waals surface area contributed by atoms with E-state index in [1.54, 1.807) is 36.4 Å². The van der Waals surface area contributed by atoms with Crippen LogP contribution in [0.3, 0.4) is 0 Å². The van der Waals surface area contributed by atoms with Crippen LogP contribution in [0.4, 0.5) is 10.8 Å². The number of amides is 1. The Labute approximate surface area is 182 Å². The van der Waals surface area contributed by atoms with Gasteiger partial charge in [0.1, 0.15) is 10.8 Å². The van der Waals surface area contributed by atoms with Crippen LogP contribution in [0.5, 0.6) is 5.75 Å². The lowest BCUT2D eigenvalue weighted by Gasteiger charge is -2.20. The predicted octanol–water partition coefficient (Wildman–Crippen LogP) is 3.41. The molecule has 3 aromatic rings. The van der Waals surface area contributed by atoms with Crippen molar-refractivity contribution in [2.75, 3.05) is 22.4 Å². The molecule has 30 heavy (non-hydrogen) atoms. The van der Waals surface area contributed by atoms with Crippen molar-refractivity contribution in [3.8, 4) is 16.3 Å². The van der Waals surface area contributed by atoms with E-state index in [4.69, 9.17) is 16.3 Å². The molecule has 1 amide bonds. The highest BCUT2D eigenvalue weighted by atomic mass is 35.5. The van der Waals surface area contributed by atoms with Crippen LogP contribution in [-0.4, -0.2) is 43.4 Å². The molecule has 1 N–H and O–H groups in total. The van der Waals surface area contributed by atoms with Crippen LogP contribution in [0.25, 0.3) is 10.6 Å². The Balaban J connectivity index is 1.51. The molecule has 1 aliphatic heterocycles. The van der Waals surface area contributed by atoms with E-state index >= 15 is 0 Å². The molecule has 2 heterocycles.